The van der Waals surface area contributed by atoms with Gasteiger partial charge in [-0.1, -0.05) is 12.8 Å². The first kappa shape index (κ1) is 16.1. The minimum Gasteiger partial charge on any atom is -0.353 e. The second-order valence-electron chi connectivity index (χ2n) is 7.47. The number of rotatable bonds is 5. The molecule has 0 bridgehead atoms. The molecule has 2 N–H and O–H groups in total. The molecule has 6 heteroatoms. The van der Waals surface area contributed by atoms with Crippen LogP contribution in [0.4, 0.5) is 0 Å². The van der Waals surface area contributed by atoms with Crippen LogP contribution in [0.15, 0.2) is 0 Å². The summed E-state index contributed by atoms with van der Waals surface area (Å²) in [7, 11) is 0. The Bertz CT molecular complexity index is 632. The first-order valence-corrected chi connectivity index (χ1v) is 10.1. The van der Waals surface area contributed by atoms with Crippen molar-refractivity contribution in [2.24, 2.45) is 11.8 Å². The van der Waals surface area contributed by atoms with Crippen molar-refractivity contribution >= 4 is 23.2 Å². The lowest BCUT2D eigenvalue weighted by molar-refractivity contribution is -0.125. The summed E-state index contributed by atoms with van der Waals surface area (Å²) < 4.78 is 0. The molecule has 1 aromatic heterocycles. The Balaban J connectivity index is 1.34. The van der Waals surface area contributed by atoms with E-state index >= 15 is 0 Å². The third-order valence-corrected chi connectivity index (χ3v) is 6.57. The minimum absolute atomic E-state index is 0.0344. The van der Waals surface area contributed by atoms with E-state index in [2.05, 4.69) is 15.6 Å². The summed E-state index contributed by atoms with van der Waals surface area (Å²) in [6.45, 7) is 0.781. The zero-order valence-corrected chi connectivity index (χ0v) is 14.8. The van der Waals surface area contributed by atoms with E-state index in [-0.39, 0.29) is 23.8 Å². The smallest absolute Gasteiger partial charge is 0.280 e. The molecule has 0 spiro atoms. The number of nitrogens with one attached hydrogen (secondary N) is 2. The van der Waals surface area contributed by atoms with Crippen LogP contribution in [0.25, 0.3) is 0 Å². The molecule has 0 saturated heterocycles. The standard InChI is InChI=1S/C18H25N3O2S/c22-16(12-3-1-2-4-12)20-13-7-8-14-15(9-13)24-18(21-14)17(23)19-10-11-5-6-11/h11-13H,1-10H2,(H,19,23)(H,20,22)/t13-/m1/s1. The highest BCUT2D eigenvalue weighted by atomic mass is 32.1. The van der Waals surface area contributed by atoms with Crippen LogP contribution in [-0.2, 0) is 17.6 Å². The monoisotopic (exact) mass is 347 g/mol. The van der Waals surface area contributed by atoms with E-state index in [4.69, 9.17) is 0 Å². The van der Waals surface area contributed by atoms with Gasteiger partial charge in [0.1, 0.15) is 0 Å². The van der Waals surface area contributed by atoms with E-state index in [9.17, 15) is 9.59 Å². The van der Waals surface area contributed by atoms with Crippen LogP contribution in [0.2, 0.25) is 0 Å². The van der Waals surface area contributed by atoms with Crippen LogP contribution in [0.1, 0.15) is 65.3 Å². The number of amides is 2. The van der Waals surface area contributed by atoms with Gasteiger partial charge in [-0.3, -0.25) is 9.59 Å². The lowest BCUT2D eigenvalue weighted by Crippen LogP contribution is -2.41. The van der Waals surface area contributed by atoms with Crippen molar-refractivity contribution in [1.82, 2.24) is 15.6 Å². The van der Waals surface area contributed by atoms with Crippen LogP contribution in [-0.4, -0.2) is 29.4 Å². The third kappa shape index (κ3) is 3.63. The number of nitrogens with zero attached hydrogens (tertiary/aromatic N) is 1. The molecular formula is C18H25N3O2S. The van der Waals surface area contributed by atoms with Crippen LogP contribution >= 0.6 is 11.3 Å². The average molecular weight is 347 g/mol. The molecule has 1 aromatic rings. The number of hydrogen-bond acceptors (Lipinski definition) is 4. The average Bonchev–Trinajstić information content (AvgIpc) is 3.08. The molecular weight excluding hydrogens is 322 g/mol. The Morgan fingerprint density at radius 3 is 2.67 bits per heavy atom. The summed E-state index contributed by atoms with van der Waals surface area (Å²) in [4.78, 5) is 30.2. The molecule has 24 heavy (non-hydrogen) atoms. The second kappa shape index (κ2) is 6.82. The number of fused-ring (bicyclic) bond motifs is 1. The van der Waals surface area contributed by atoms with Gasteiger partial charge in [-0.2, -0.15) is 0 Å². The first-order chi connectivity index (χ1) is 11.7. The maximum absolute atomic E-state index is 12.3. The van der Waals surface area contributed by atoms with Gasteiger partial charge in [-0.05, 0) is 44.4 Å². The molecule has 3 aliphatic carbocycles. The van der Waals surface area contributed by atoms with Crippen molar-refractivity contribution in [3.63, 3.8) is 0 Å². The zero-order valence-electron chi connectivity index (χ0n) is 14.0. The van der Waals surface area contributed by atoms with E-state index in [1.807, 2.05) is 0 Å². The predicted octanol–water partition coefficient (Wildman–Crippen LogP) is 2.45. The molecule has 2 amide bonds. The fourth-order valence-corrected chi connectivity index (χ4v) is 4.84. The predicted molar refractivity (Wildman–Crippen MR) is 93.1 cm³/mol. The third-order valence-electron chi connectivity index (χ3n) is 5.45. The fraction of sp³-hybridized carbons (Fsp3) is 0.722. The molecule has 5 nitrogen and oxygen atoms in total. The van der Waals surface area contributed by atoms with Crippen LogP contribution in [0.5, 0.6) is 0 Å². The Kier molecular flexibility index (Phi) is 4.57. The molecule has 0 unspecified atom stereocenters. The number of aryl methyl sites for hydroxylation is 1. The SMILES string of the molecule is O=C(NCC1CC1)c1nc2c(s1)C[C@H](NC(=O)C1CCCC1)CC2. The zero-order chi connectivity index (χ0) is 16.5. The van der Waals surface area contributed by atoms with E-state index in [0.29, 0.717) is 10.9 Å². The highest BCUT2D eigenvalue weighted by Gasteiger charge is 2.29. The summed E-state index contributed by atoms with van der Waals surface area (Å²) in [5.74, 6) is 1.09. The molecule has 1 atom stereocenters. The molecule has 1 heterocycles. The Morgan fingerprint density at radius 2 is 1.92 bits per heavy atom. The van der Waals surface area contributed by atoms with Crippen molar-refractivity contribution in [1.29, 1.82) is 0 Å². The van der Waals surface area contributed by atoms with E-state index in [1.165, 1.54) is 41.9 Å². The van der Waals surface area contributed by atoms with Gasteiger partial charge in [0.2, 0.25) is 5.91 Å². The van der Waals surface area contributed by atoms with Gasteiger partial charge < -0.3 is 10.6 Å². The normalized spacial score (nSPS) is 23.8. The summed E-state index contributed by atoms with van der Waals surface area (Å²) in [5.41, 5.74) is 1.06. The fourth-order valence-electron chi connectivity index (χ4n) is 3.74. The van der Waals surface area contributed by atoms with E-state index in [0.717, 1.165) is 44.3 Å². The second-order valence-corrected chi connectivity index (χ2v) is 8.56. The van der Waals surface area contributed by atoms with Crippen LogP contribution in [0.3, 0.4) is 0 Å². The van der Waals surface area contributed by atoms with E-state index < -0.39 is 0 Å². The van der Waals surface area contributed by atoms with Gasteiger partial charge in [-0.25, -0.2) is 4.98 Å². The first-order valence-electron chi connectivity index (χ1n) is 9.26. The van der Waals surface area contributed by atoms with Crippen molar-refractivity contribution in [2.45, 2.75) is 63.8 Å². The van der Waals surface area contributed by atoms with Gasteiger partial charge in [0.05, 0.1) is 5.69 Å². The maximum atomic E-state index is 12.3. The van der Waals surface area contributed by atoms with Gasteiger partial charge in [-0.15, -0.1) is 11.3 Å². The summed E-state index contributed by atoms with van der Waals surface area (Å²) in [6, 6.07) is 0.202. The number of carbonyl (C=O) groups excluding carboxylic acids is 2. The topological polar surface area (TPSA) is 71.1 Å². The molecule has 2 fully saturated rings. The van der Waals surface area contributed by atoms with Crippen LogP contribution < -0.4 is 10.6 Å². The molecule has 4 rings (SSSR count). The van der Waals surface area contributed by atoms with Gasteiger partial charge >= 0.3 is 0 Å². The number of aromatic nitrogens is 1. The molecule has 3 aliphatic rings. The number of hydrogen-bond donors (Lipinski definition) is 2. The van der Waals surface area contributed by atoms with Crippen molar-refractivity contribution in [2.75, 3.05) is 6.54 Å². The minimum atomic E-state index is -0.0344. The van der Waals surface area contributed by atoms with E-state index in [1.54, 1.807) is 0 Å². The highest BCUT2D eigenvalue weighted by Crippen LogP contribution is 2.30. The summed E-state index contributed by atoms with van der Waals surface area (Å²) in [6.07, 6.45) is 9.51. The lowest BCUT2D eigenvalue weighted by atomic mass is 9.96. The molecule has 0 radical (unpaired) electrons. The number of thiazole rings is 1. The van der Waals surface area contributed by atoms with Crippen molar-refractivity contribution in [3.05, 3.63) is 15.6 Å². The highest BCUT2D eigenvalue weighted by molar-refractivity contribution is 7.13. The Labute approximate surface area is 146 Å². The molecule has 2 saturated carbocycles. The molecule has 0 aliphatic heterocycles. The lowest BCUT2D eigenvalue weighted by Gasteiger charge is -2.23. The Morgan fingerprint density at radius 1 is 1.12 bits per heavy atom. The van der Waals surface area contributed by atoms with Crippen LogP contribution in [0, 0.1) is 11.8 Å². The number of carbonyl (C=O) groups is 2. The summed E-state index contributed by atoms with van der Waals surface area (Å²) in [5, 5.41) is 6.80. The maximum Gasteiger partial charge on any atom is 0.280 e. The quantitative estimate of drug-likeness (QED) is 0.859. The van der Waals surface area contributed by atoms with Crippen molar-refractivity contribution in [3.8, 4) is 0 Å². The summed E-state index contributed by atoms with van der Waals surface area (Å²) >= 11 is 1.50. The van der Waals surface area contributed by atoms with Gasteiger partial charge in [0.15, 0.2) is 5.01 Å². The van der Waals surface area contributed by atoms with Crippen molar-refractivity contribution < 1.29 is 9.59 Å². The van der Waals surface area contributed by atoms with Gasteiger partial charge in [0, 0.05) is 29.8 Å². The largest absolute Gasteiger partial charge is 0.353 e. The molecule has 130 valence electrons. The molecule has 0 aromatic carbocycles. The Hall–Kier alpha value is -1.43. The van der Waals surface area contributed by atoms with Gasteiger partial charge in [0.25, 0.3) is 5.91 Å².